The number of carboxylic acid groups (broad SMARTS) is 2. The van der Waals surface area contributed by atoms with E-state index in [0.717, 1.165) is 25.7 Å². The van der Waals surface area contributed by atoms with Gasteiger partial charge in [0.2, 0.25) is 0 Å². The Kier molecular flexibility index (Phi) is 7.59. The van der Waals surface area contributed by atoms with Crippen LogP contribution in [-0.2, 0) is 9.59 Å². The minimum Gasteiger partial charge on any atom is -0.481 e. The summed E-state index contributed by atoms with van der Waals surface area (Å²) < 4.78 is 0. The number of carbonyl (C=O) groups is 2. The molecule has 0 rings (SSSR count). The smallest absolute Gasteiger partial charge is 0.303 e. The molecule has 0 aromatic rings. The van der Waals surface area contributed by atoms with E-state index in [0.29, 0.717) is 12.8 Å². The molecule has 0 bridgehead atoms. The first-order valence-electron chi connectivity index (χ1n) is 6.39. The zero-order valence-electron chi connectivity index (χ0n) is 10.9. The van der Waals surface area contributed by atoms with Gasteiger partial charge in [0, 0.05) is 12.8 Å². The average Bonchev–Trinajstić information content (AvgIpc) is 2.24. The molecule has 0 heterocycles. The number of hydrogen-bond acceptors (Lipinski definition) is 2. The Hall–Kier alpha value is -1.06. The molecule has 0 aliphatic heterocycles. The first kappa shape index (κ1) is 15.9. The highest BCUT2D eigenvalue weighted by atomic mass is 16.4. The van der Waals surface area contributed by atoms with Crippen molar-refractivity contribution in [1.82, 2.24) is 0 Å². The molecule has 0 amide bonds. The minimum atomic E-state index is -0.795. The summed E-state index contributed by atoms with van der Waals surface area (Å²) in [6.07, 6.45) is 5.25. The molecule has 0 atom stereocenters. The van der Waals surface area contributed by atoms with E-state index in [1.165, 1.54) is 0 Å². The standard InChI is InChI=1S/C13H24O4/c1-3-7-13(8-4-2,9-5-11(14)15)10-6-12(16)17/h3-10H2,1-2H3,(H,14,15)(H,16,17). The lowest BCUT2D eigenvalue weighted by Crippen LogP contribution is -2.23. The van der Waals surface area contributed by atoms with Crippen LogP contribution in [0.5, 0.6) is 0 Å². The van der Waals surface area contributed by atoms with Crippen LogP contribution in [0.4, 0.5) is 0 Å². The molecule has 100 valence electrons. The number of rotatable bonds is 10. The van der Waals surface area contributed by atoms with Crippen molar-refractivity contribution in [2.24, 2.45) is 5.41 Å². The monoisotopic (exact) mass is 244 g/mol. The predicted molar refractivity (Wildman–Crippen MR) is 66.0 cm³/mol. The lowest BCUT2D eigenvalue weighted by Gasteiger charge is -2.33. The molecule has 0 radical (unpaired) electrons. The normalized spacial score (nSPS) is 11.4. The van der Waals surface area contributed by atoms with E-state index >= 15 is 0 Å². The highest BCUT2D eigenvalue weighted by molar-refractivity contribution is 5.67. The molecule has 0 fully saturated rings. The van der Waals surface area contributed by atoms with Crippen LogP contribution in [-0.4, -0.2) is 22.2 Å². The van der Waals surface area contributed by atoms with Crippen LogP contribution in [0, 0.1) is 5.41 Å². The van der Waals surface area contributed by atoms with E-state index in [9.17, 15) is 9.59 Å². The largest absolute Gasteiger partial charge is 0.481 e. The third kappa shape index (κ3) is 6.97. The second kappa shape index (κ2) is 8.09. The third-order valence-electron chi connectivity index (χ3n) is 3.30. The molecule has 0 spiro atoms. The van der Waals surface area contributed by atoms with Crippen molar-refractivity contribution in [2.75, 3.05) is 0 Å². The van der Waals surface area contributed by atoms with Crippen molar-refractivity contribution in [1.29, 1.82) is 0 Å². The summed E-state index contributed by atoms with van der Waals surface area (Å²) in [6, 6.07) is 0. The van der Waals surface area contributed by atoms with Gasteiger partial charge in [-0.1, -0.05) is 26.7 Å². The molecule has 2 N–H and O–H groups in total. The summed E-state index contributed by atoms with van der Waals surface area (Å²) in [5, 5.41) is 17.5. The van der Waals surface area contributed by atoms with Gasteiger partial charge in [0.1, 0.15) is 0 Å². The number of carboxylic acids is 2. The van der Waals surface area contributed by atoms with Crippen molar-refractivity contribution in [3.63, 3.8) is 0 Å². The first-order chi connectivity index (χ1) is 7.95. The molecule has 17 heavy (non-hydrogen) atoms. The Balaban J connectivity index is 4.57. The minimum absolute atomic E-state index is 0.0969. The van der Waals surface area contributed by atoms with E-state index < -0.39 is 11.9 Å². The van der Waals surface area contributed by atoms with Crippen LogP contribution in [0.1, 0.15) is 65.2 Å². The van der Waals surface area contributed by atoms with Crippen LogP contribution in [0.3, 0.4) is 0 Å². The van der Waals surface area contributed by atoms with Crippen LogP contribution in [0.15, 0.2) is 0 Å². The van der Waals surface area contributed by atoms with Crippen molar-refractivity contribution >= 4 is 11.9 Å². The number of aliphatic carboxylic acids is 2. The molecular formula is C13H24O4. The maximum absolute atomic E-state index is 10.7. The van der Waals surface area contributed by atoms with E-state index in [1.54, 1.807) is 0 Å². The average molecular weight is 244 g/mol. The van der Waals surface area contributed by atoms with E-state index in [-0.39, 0.29) is 18.3 Å². The highest BCUT2D eigenvalue weighted by Gasteiger charge is 2.29. The molecule has 4 heteroatoms. The lowest BCUT2D eigenvalue weighted by molar-refractivity contribution is -0.138. The van der Waals surface area contributed by atoms with Gasteiger partial charge in [-0.3, -0.25) is 9.59 Å². The molecule has 4 nitrogen and oxygen atoms in total. The van der Waals surface area contributed by atoms with Gasteiger partial charge in [0.05, 0.1) is 0 Å². The Morgan fingerprint density at radius 3 is 1.41 bits per heavy atom. The molecule has 0 aliphatic rings. The summed E-state index contributed by atoms with van der Waals surface area (Å²) in [4.78, 5) is 21.4. The zero-order valence-corrected chi connectivity index (χ0v) is 10.9. The summed E-state index contributed by atoms with van der Waals surface area (Å²) in [6.45, 7) is 4.12. The summed E-state index contributed by atoms with van der Waals surface area (Å²) in [5.41, 5.74) is -0.0969. The van der Waals surface area contributed by atoms with Gasteiger partial charge in [-0.05, 0) is 31.1 Å². The van der Waals surface area contributed by atoms with E-state index in [4.69, 9.17) is 10.2 Å². The van der Waals surface area contributed by atoms with Crippen molar-refractivity contribution < 1.29 is 19.8 Å². The van der Waals surface area contributed by atoms with Gasteiger partial charge in [-0.15, -0.1) is 0 Å². The zero-order chi connectivity index (χ0) is 13.3. The Bertz CT molecular complexity index is 222. The lowest BCUT2D eigenvalue weighted by atomic mass is 9.72. The molecule has 0 saturated carbocycles. The van der Waals surface area contributed by atoms with Gasteiger partial charge in [-0.25, -0.2) is 0 Å². The first-order valence-corrected chi connectivity index (χ1v) is 6.39. The van der Waals surface area contributed by atoms with E-state index in [2.05, 4.69) is 13.8 Å². The maximum Gasteiger partial charge on any atom is 0.303 e. The van der Waals surface area contributed by atoms with E-state index in [1.807, 2.05) is 0 Å². The Morgan fingerprint density at radius 1 is 0.824 bits per heavy atom. The van der Waals surface area contributed by atoms with Crippen molar-refractivity contribution in [2.45, 2.75) is 65.2 Å². The Morgan fingerprint density at radius 2 is 1.18 bits per heavy atom. The van der Waals surface area contributed by atoms with Gasteiger partial charge in [-0.2, -0.15) is 0 Å². The Labute approximate surface area is 103 Å². The quantitative estimate of drug-likeness (QED) is 0.618. The maximum atomic E-state index is 10.7. The van der Waals surface area contributed by atoms with Gasteiger partial charge >= 0.3 is 11.9 Å². The summed E-state index contributed by atoms with van der Waals surface area (Å²) in [5.74, 6) is -1.59. The van der Waals surface area contributed by atoms with Gasteiger partial charge in [0.25, 0.3) is 0 Å². The molecule has 0 saturated heterocycles. The molecular weight excluding hydrogens is 220 g/mol. The molecule has 0 aromatic carbocycles. The molecule has 0 unspecified atom stereocenters. The summed E-state index contributed by atoms with van der Waals surface area (Å²) >= 11 is 0. The second-order valence-electron chi connectivity index (χ2n) is 4.79. The van der Waals surface area contributed by atoms with Crippen LogP contribution in [0.2, 0.25) is 0 Å². The topological polar surface area (TPSA) is 74.6 Å². The summed E-state index contributed by atoms with van der Waals surface area (Å²) in [7, 11) is 0. The van der Waals surface area contributed by atoms with Crippen molar-refractivity contribution in [3.05, 3.63) is 0 Å². The number of hydrogen-bond donors (Lipinski definition) is 2. The SMILES string of the molecule is CCCC(CCC)(CCC(=O)O)CCC(=O)O. The second-order valence-corrected chi connectivity index (χ2v) is 4.79. The highest BCUT2D eigenvalue weighted by Crippen LogP contribution is 2.39. The fraction of sp³-hybridized carbons (Fsp3) is 0.846. The molecule has 0 aliphatic carbocycles. The fourth-order valence-electron chi connectivity index (χ4n) is 2.55. The van der Waals surface area contributed by atoms with Crippen molar-refractivity contribution in [3.8, 4) is 0 Å². The fourth-order valence-corrected chi connectivity index (χ4v) is 2.55. The van der Waals surface area contributed by atoms with Crippen LogP contribution >= 0.6 is 0 Å². The molecule has 0 aromatic heterocycles. The van der Waals surface area contributed by atoms with Crippen LogP contribution in [0.25, 0.3) is 0 Å². The van der Waals surface area contributed by atoms with Gasteiger partial charge in [0.15, 0.2) is 0 Å². The van der Waals surface area contributed by atoms with Crippen LogP contribution < -0.4 is 0 Å². The third-order valence-corrected chi connectivity index (χ3v) is 3.30. The predicted octanol–water partition coefficient (Wildman–Crippen LogP) is 3.30. The van der Waals surface area contributed by atoms with Gasteiger partial charge < -0.3 is 10.2 Å².